The van der Waals surface area contributed by atoms with Crippen LogP contribution >= 0.6 is 0 Å². The number of fused-ring (bicyclic) bond motifs is 1. The Morgan fingerprint density at radius 1 is 1.46 bits per heavy atom. The molecule has 2 rings (SSSR count). The van der Waals surface area contributed by atoms with E-state index in [2.05, 4.69) is 43.4 Å². The third kappa shape index (κ3) is 1.35. The molecule has 1 heterocycles. The zero-order valence-corrected chi connectivity index (χ0v) is 8.22. The molecule has 0 amide bonds. The Labute approximate surface area is 79.5 Å². The van der Waals surface area contributed by atoms with E-state index in [1.165, 1.54) is 28.8 Å². The zero-order valence-electron chi connectivity index (χ0n) is 8.22. The third-order valence-electron chi connectivity index (χ3n) is 2.70. The summed E-state index contributed by atoms with van der Waals surface area (Å²) >= 11 is 0. The van der Waals surface area contributed by atoms with Gasteiger partial charge in [-0.2, -0.15) is 0 Å². The van der Waals surface area contributed by atoms with Crippen LogP contribution in [-0.4, -0.2) is 6.54 Å². The highest BCUT2D eigenvalue weighted by atomic mass is 14.9. The lowest BCUT2D eigenvalue weighted by Crippen LogP contribution is -1.94. The molecule has 13 heavy (non-hydrogen) atoms. The van der Waals surface area contributed by atoms with Crippen LogP contribution in [0.5, 0.6) is 0 Å². The third-order valence-corrected chi connectivity index (χ3v) is 2.70. The molecule has 1 N–H and O–H groups in total. The molecule has 1 aliphatic rings. The summed E-state index contributed by atoms with van der Waals surface area (Å²) in [5.74, 6) is 0. The topological polar surface area (TPSA) is 12.0 Å². The van der Waals surface area contributed by atoms with Crippen molar-refractivity contribution in [3.8, 4) is 0 Å². The molecule has 0 spiro atoms. The smallest absolute Gasteiger partial charge is 0.0449 e. The monoisotopic (exact) mass is 173 g/mol. The predicted octanol–water partition coefficient (Wildman–Crippen LogP) is 3.08. The maximum absolute atomic E-state index is 3.44. The number of hydrogen-bond donors (Lipinski definition) is 1. The first-order chi connectivity index (χ1) is 6.33. The molecule has 0 atom stereocenters. The predicted molar refractivity (Wildman–Crippen MR) is 58.0 cm³/mol. The van der Waals surface area contributed by atoms with Gasteiger partial charge >= 0.3 is 0 Å². The SMILES string of the molecule is CC=C(C)c1cccc2c1NCC2. The van der Waals surface area contributed by atoms with Crippen LogP contribution in [0.25, 0.3) is 5.57 Å². The van der Waals surface area contributed by atoms with Gasteiger partial charge in [-0.05, 0) is 31.4 Å². The summed E-state index contributed by atoms with van der Waals surface area (Å²) < 4.78 is 0. The zero-order chi connectivity index (χ0) is 9.26. The second kappa shape index (κ2) is 3.25. The van der Waals surface area contributed by atoms with Gasteiger partial charge in [0, 0.05) is 17.8 Å². The van der Waals surface area contributed by atoms with E-state index in [0.717, 1.165) is 6.54 Å². The van der Waals surface area contributed by atoms with Gasteiger partial charge in [-0.1, -0.05) is 24.3 Å². The number of rotatable bonds is 1. The summed E-state index contributed by atoms with van der Waals surface area (Å²) in [5.41, 5.74) is 5.51. The van der Waals surface area contributed by atoms with E-state index < -0.39 is 0 Å². The van der Waals surface area contributed by atoms with Gasteiger partial charge in [0.15, 0.2) is 0 Å². The highest BCUT2D eigenvalue weighted by Gasteiger charge is 2.13. The Hall–Kier alpha value is -1.24. The minimum atomic E-state index is 1.09. The highest BCUT2D eigenvalue weighted by molar-refractivity contribution is 5.78. The minimum absolute atomic E-state index is 1.09. The van der Waals surface area contributed by atoms with Crippen LogP contribution in [0.4, 0.5) is 5.69 Å². The van der Waals surface area contributed by atoms with Crippen molar-refractivity contribution in [3.05, 3.63) is 35.4 Å². The molecular weight excluding hydrogens is 158 g/mol. The van der Waals surface area contributed by atoms with Crippen molar-refractivity contribution < 1.29 is 0 Å². The van der Waals surface area contributed by atoms with Crippen LogP contribution < -0.4 is 5.32 Å². The van der Waals surface area contributed by atoms with Crippen molar-refractivity contribution in [2.45, 2.75) is 20.3 Å². The number of benzene rings is 1. The van der Waals surface area contributed by atoms with Crippen molar-refractivity contribution in [3.63, 3.8) is 0 Å². The van der Waals surface area contributed by atoms with E-state index >= 15 is 0 Å². The van der Waals surface area contributed by atoms with Gasteiger partial charge in [0.2, 0.25) is 0 Å². The molecule has 0 saturated carbocycles. The maximum atomic E-state index is 3.44. The van der Waals surface area contributed by atoms with E-state index in [1.54, 1.807) is 0 Å². The summed E-state index contributed by atoms with van der Waals surface area (Å²) in [4.78, 5) is 0. The Morgan fingerprint density at radius 3 is 3.08 bits per heavy atom. The van der Waals surface area contributed by atoms with Crippen molar-refractivity contribution in [2.24, 2.45) is 0 Å². The average Bonchev–Trinajstić information content (AvgIpc) is 2.63. The van der Waals surface area contributed by atoms with Crippen LogP contribution in [-0.2, 0) is 6.42 Å². The Morgan fingerprint density at radius 2 is 2.31 bits per heavy atom. The van der Waals surface area contributed by atoms with Crippen molar-refractivity contribution >= 4 is 11.3 Å². The standard InChI is InChI=1S/C12H15N/c1-3-9(2)11-6-4-5-10-7-8-13-12(10)11/h3-6,13H,7-8H2,1-2H3. The van der Waals surface area contributed by atoms with Gasteiger partial charge in [-0.25, -0.2) is 0 Å². The molecule has 0 fully saturated rings. The Bertz CT molecular complexity index is 350. The highest BCUT2D eigenvalue weighted by Crippen LogP contribution is 2.30. The van der Waals surface area contributed by atoms with E-state index in [0.29, 0.717) is 0 Å². The largest absolute Gasteiger partial charge is 0.384 e. The van der Waals surface area contributed by atoms with Gasteiger partial charge < -0.3 is 5.32 Å². The van der Waals surface area contributed by atoms with Crippen molar-refractivity contribution in [1.29, 1.82) is 0 Å². The summed E-state index contributed by atoms with van der Waals surface area (Å²) in [5, 5.41) is 3.44. The lowest BCUT2D eigenvalue weighted by molar-refractivity contribution is 1.11. The summed E-state index contributed by atoms with van der Waals surface area (Å²) in [6.07, 6.45) is 3.33. The van der Waals surface area contributed by atoms with Crippen LogP contribution in [0.1, 0.15) is 25.0 Å². The molecule has 1 aromatic rings. The number of nitrogens with one attached hydrogen (secondary N) is 1. The molecule has 1 aromatic carbocycles. The van der Waals surface area contributed by atoms with Crippen LogP contribution in [0, 0.1) is 0 Å². The van der Waals surface area contributed by atoms with Crippen molar-refractivity contribution in [2.75, 3.05) is 11.9 Å². The number of hydrogen-bond acceptors (Lipinski definition) is 1. The second-order valence-electron chi connectivity index (χ2n) is 3.49. The number of allylic oxidation sites excluding steroid dienone is 2. The van der Waals surface area contributed by atoms with Gasteiger partial charge in [0.1, 0.15) is 0 Å². The van der Waals surface area contributed by atoms with Crippen LogP contribution in [0.2, 0.25) is 0 Å². The van der Waals surface area contributed by atoms with Gasteiger partial charge in [-0.3, -0.25) is 0 Å². The molecule has 1 heteroatoms. The molecule has 68 valence electrons. The molecule has 0 aromatic heterocycles. The van der Waals surface area contributed by atoms with Gasteiger partial charge in [0.25, 0.3) is 0 Å². The summed E-state index contributed by atoms with van der Waals surface area (Å²) in [6.45, 7) is 5.34. The minimum Gasteiger partial charge on any atom is -0.384 e. The first kappa shape index (κ1) is 8.36. The average molecular weight is 173 g/mol. The number of para-hydroxylation sites is 1. The molecule has 0 unspecified atom stereocenters. The fourth-order valence-electron chi connectivity index (χ4n) is 1.82. The maximum Gasteiger partial charge on any atom is 0.0449 e. The van der Waals surface area contributed by atoms with Crippen molar-refractivity contribution in [1.82, 2.24) is 0 Å². The van der Waals surface area contributed by atoms with E-state index in [1.807, 2.05) is 0 Å². The Kier molecular flexibility index (Phi) is 2.09. The fraction of sp³-hybridized carbons (Fsp3) is 0.333. The summed E-state index contributed by atoms with van der Waals surface area (Å²) in [7, 11) is 0. The second-order valence-corrected chi connectivity index (χ2v) is 3.49. The van der Waals surface area contributed by atoms with E-state index in [4.69, 9.17) is 0 Å². The van der Waals surface area contributed by atoms with Gasteiger partial charge in [0.05, 0.1) is 0 Å². The molecule has 1 nitrogen and oxygen atoms in total. The molecule has 1 aliphatic heterocycles. The van der Waals surface area contributed by atoms with E-state index in [9.17, 15) is 0 Å². The fourth-order valence-corrected chi connectivity index (χ4v) is 1.82. The van der Waals surface area contributed by atoms with Gasteiger partial charge in [-0.15, -0.1) is 0 Å². The Balaban J connectivity index is 2.53. The first-order valence-corrected chi connectivity index (χ1v) is 4.82. The quantitative estimate of drug-likeness (QED) is 0.688. The first-order valence-electron chi connectivity index (χ1n) is 4.82. The molecule has 0 radical (unpaired) electrons. The van der Waals surface area contributed by atoms with Crippen LogP contribution in [0.3, 0.4) is 0 Å². The lowest BCUT2D eigenvalue weighted by atomic mass is 10.0. The molecule has 0 aliphatic carbocycles. The van der Waals surface area contributed by atoms with Crippen LogP contribution in [0.15, 0.2) is 24.3 Å². The lowest BCUT2D eigenvalue weighted by Gasteiger charge is -2.08. The molecular formula is C12H15N. The van der Waals surface area contributed by atoms with E-state index in [-0.39, 0.29) is 0 Å². The number of anilines is 1. The molecule has 0 saturated heterocycles. The normalized spacial score (nSPS) is 15.4. The summed E-state index contributed by atoms with van der Waals surface area (Å²) in [6, 6.07) is 6.54. The molecule has 0 bridgehead atoms.